The molecule has 0 amide bonds. The molecule has 2 nitrogen and oxygen atoms in total. The van der Waals surface area contributed by atoms with Crippen LogP contribution in [0, 0.1) is 0 Å². The maximum atomic E-state index is 10.7. The summed E-state index contributed by atoms with van der Waals surface area (Å²) in [5.74, 6) is -0.250. The second-order valence-electron chi connectivity index (χ2n) is 3.53. The summed E-state index contributed by atoms with van der Waals surface area (Å²) in [6.07, 6.45) is 1.76. The molecule has 0 fully saturated rings. The standard InChI is InChI=1S/C13H16O2/c1-10(9-11(2)15-12(3)14)13-7-5-4-6-8-13/h4-9,11H,1-3H3/b10-9+/t11-/m0/s1. The Morgan fingerprint density at radius 1 is 1.27 bits per heavy atom. The van der Waals surface area contributed by atoms with Crippen molar-refractivity contribution in [2.24, 2.45) is 0 Å². The van der Waals surface area contributed by atoms with Gasteiger partial charge < -0.3 is 4.74 Å². The monoisotopic (exact) mass is 204 g/mol. The number of allylic oxidation sites excluding steroid dienone is 1. The van der Waals surface area contributed by atoms with Crippen LogP contribution in [0.4, 0.5) is 0 Å². The Morgan fingerprint density at radius 3 is 2.40 bits per heavy atom. The van der Waals surface area contributed by atoms with Crippen LogP contribution >= 0.6 is 0 Å². The summed E-state index contributed by atoms with van der Waals surface area (Å²) in [5, 5.41) is 0. The average molecular weight is 204 g/mol. The van der Waals surface area contributed by atoms with Crippen molar-refractivity contribution < 1.29 is 9.53 Å². The Kier molecular flexibility index (Phi) is 4.10. The fourth-order valence-corrected chi connectivity index (χ4v) is 1.45. The normalized spacial score (nSPS) is 13.4. The summed E-state index contributed by atoms with van der Waals surface area (Å²) in [5.41, 5.74) is 2.26. The van der Waals surface area contributed by atoms with Crippen molar-refractivity contribution in [2.75, 3.05) is 0 Å². The lowest BCUT2D eigenvalue weighted by molar-refractivity contribution is -0.143. The smallest absolute Gasteiger partial charge is 0.303 e. The summed E-state index contributed by atoms with van der Waals surface area (Å²) in [6, 6.07) is 10.0. The van der Waals surface area contributed by atoms with Crippen LogP contribution in [0.1, 0.15) is 26.3 Å². The first-order chi connectivity index (χ1) is 7.09. The first-order valence-corrected chi connectivity index (χ1v) is 5.00. The van der Waals surface area contributed by atoms with Gasteiger partial charge >= 0.3 is 5.97 Å². The molecule has 1 aromatic rings. The number of benzene rings is 1. The molecular weight excluding hydrogens is 188 g/mol. The largest absolute Gasteiger partial charge is 0.459 e. The Balaban J connectivity index is 2.71. The van der Waals surface area contributed by atoms with Gasteiger partial charge in [-0.1, -0.05) is 30.3 Å². The molecule has 0 aromatic heterocycles. The molecule has 0 bridgehead atoms. The van der Waals surface area contributed by atoms with Crippen molar-refractivity contribution in [3.8, 4) is 0 Å². The maximum Gasteiger partial charge on any atom is 0.303 e. The molecule has 80 valence electrons. The van der Waals surface area contributed by atoms with Crippen molar-refractivity contribution in [1.29, 1.82) is 0 Å². The van der Waals surface area contributed by atoms with Gasteiger partial charge in [0.05, 0.1) is 0 Å². The number of carbonyl (C=O) groups is 1. The van der Waals surface area contributed by atoms with Crippen molar-refractivity contribution >= 4 is 11.5 Å². The molecule has 1 rings (SSSR count). The first kappa shape index (κ1) is 11.5. The highest BCUT2D eigenvalue weighted by Crippen LogP contribution is 2.14. The van der Waals surface area contributed by atoms with E-state index < -0.39 is 0 Å². The van der Waals surface area contributed by atoms with Crippen LogP contribution in [0.5, 0.6) is 0 Å². The van der Waals surface area contributed by atoms with E-state index in [2.05, 4.69) is 0 Å². The fraction of sp³-hybridized carbons (Fsp3) is 0.308. The van der Waals surface area contributed by atoms with E-state index in [9.17, 15) is 4.79 Å². The van der Waals surface area contributed by atoms with Crippen molar-refractivity contribution in [1.82, 2.24) is 0 Å². The molecule has 0 unspecified atom stereocenters. The minimum Gasteiger partial charge on any atom is -0.459 e. The molecule has 15 heavy (non-hydrogen) atoms. The lowest BCUT2D eigenvalue weighted by Crippen LogP contribution is -2.09. The number of hydrogen-bond donors (Lipinski definition) is 0. The molecule has 0 N–H and O–H groups in total. The quantitative estimate of drug-likeness (QED) is 0.707. The number of hydrogen-bond acceptors (Lipinski definition) is 2. The average Bonchev–Trinajstić information content (AvgIpc) is 2.17. The third-order valence-corrected chi connectivity index (χ3v) is 2.07. The molecular formula is C13H16O2. The molecule has 2 heteroatoms. The van der Waals surface area contributed by atoms with Gasteiger partial charge in [0.1, 0.15) is 6.10 Å². The van der Waals surface area contributed by atoms with Gasteiger partial charge in [-0.25, -0.2) is 0 Å². The van der Waals surface area contributed by atoms with Crippen molar-refractivity contribution in [2.45, 2.75) is 26.9 Å². The second-order valence-corrected chi connectivity index (χ2v) is 3.53. The van der Waals surface area contributed by atoms with E-state index in [1.165, 1.54) is 6.92 Å². The van der Waals surface area contributed by atoms with E-state index >= 15 is 0 Å². The highest BCUT2D eigenvalue weighted by atomic mass is 16.5. The van der Waals surface area contributed by atoms with Crippen LogP contribution in [0.2, 0.25) is 0 Å². The second kappa shape index (κ2) is 5.35. The molecule has 1 atom stereocenters. The molecule has 0 radical (unpaired) electrons. The van der Waals surface area contributed by atoms with E-state index in [0.29, 0.717) is 0 Å². The number of esters is 1. The van der Waals surface area contributed by atoms with Gasteiger partial charge in [-0.3, -0.25) is 4.79 Å². The SMILES string of the molecule is CC(=O)O[C@@H](C)/C=C(\C)c1ccccc1. The van der Waals surface area contributed by atoms with E-state index in [4.69, 9.17) is 4.74 Å². The van der Waals surface area contributed by atoms with Gasteiger partial charge in [0.15, 0.2) is 0 Å². The van der Waals surface area contributed by atoms with Gasteiger partial charge in [0.2, 0.25) is 0 Å². The predicted octanol–water partition coefficient (Wildman–Crippen LogP) is 3.04. The Hall–Kier alpha value is -1.57. The zero-order chi connectivity index (χ0) is 11.3. The van der Waals surface area contributed by atoms with E-state index in [-0.39, 0.29) is 12.1 Å². The van der Waals surface area contributed by atoms with Crippen molar-refractivity contribution in [3.05, 3.63) is 42.0 Å². The predicted molar refractivity (Wildman–Crippen MR) is 61.3 cm³/mol. The third-order valence-electron chi connectivity index (χ3n) is 2.07. The van der Waals surface area contributed by atoms with Crippen LogP contribution in [0.3, 0.4) is 0 Å². The lowest BCUT2D eigenvalue weighted by Gasteiger charge is -2.09. The van der Waals surface area contributed by atoms with Crippen LogP contribution < -0.4 is 0 Å². The summed E-state index contributed by atoms with van der Waals surface area (Å²) in [7, 11) is 0. The lowest BCUT2D eigenvalue weighted by atomic mass is 10.1. The summed E-state index contributed by atoms with van der Waals surface area (Å²) < 4.78 is 5.03. The van der Waals surface area contributed by atoms with Crippen LogP contribution in [-0.4, -0.2) is 12.1 Å². The van der Waals surface area contributed by atoms with Gasteiger partial charge in [0.25, 0.3) is 0 Å². The summed E-state index contributed by atoms with van der Waals surface area (Å²) in [4.78, 5) is 10.7. The molecule has 0 aliphatic rings. The van der Waals surface area contributed by atoms with Crippen LogP contribution in [0.15, 0.2) is 36.4 Å². The van der Waals surface area contributed by atoms with E-state index in [0.717, 1.165) is 11.1 Å². The number of ether oxygens (including phenoxy) is 1. The zero-order valence-corrected chi connectivity index (χ0v) is 9.36. The van der Waals surface area contributed by atoms with Crippen LogP contribution in [-0.2, 0) is 9.53 Å². The Bertz CT molecular complexity index is 352. The van der Waals surface area contributed by atoms with Gasteiger partial charge in [0, 0.05) is 6.92 Å². The fourth-order valence-electron chi connectivity index (χ4n) is 1.45. The van der Waals surface area contributed by atoms with Crippen LogP contribution in [0.25, 0.3) is 5.57 Å². The number of rotatable bonds is 3. The number of carbonyl (C=O) groups excluding carboxylic acids is 1. The van der Waals surface area contributed by atoms with E-state index in [1.54, 1.807) is 0 Å². The molecule has 0 heterocycles. The topological polar surface area (TPSA) is 26.3 Å². The van der Waals surface area contributed by atoms with Gasteiger partial charge in [-0.2, -0.15) is 0 Å². The first-order valence-electron chi connectivity index (χ1n) is 5.00. The zero-order valence-electron chi connectivity index (χ0n) is 9.36. The maximum absolute atomic E-state index is 10.7. The van der Waals surface area contributed by atoms with Gasteiger partial charge in [-0.15, -0.1) is 0 Å². The third kappa shape index (κ3) is 3.98. The molecule has 0 aliphatic carbocycles. The minimum atomic E-state index is -0.250. The Labute approximate surface area is 90.6 Å². The molecule has 1 aromatic carbocycles. The van der Waals surface area contributed by atoms with Crippen molar-refractivity contribution in [3.63, 3.8) is 0 Å². The minimum absolute atomic E-state index is 0.178. The molecule has 0 saturated carbocycles. The Morgan fingerprint density at radius 2 is 1.87 bits per heavy atom. The highest BCUT2D eigenvalue weighted by molar-refractivity contribution is 5.68. The van der Waals surface area contributed by atoms with E-state index in [1.807, 2.05) is 50.3 Å². The molecule has 0 spiro atoms. The highest BCUT2D eigenvalue weighted by Gasteiger charge is 2.02. The summed E-state index contributed by atoms with van der Waals surface area (Å²) >= 11 is 0. The molecule has 0 saturated heterocycles. The summed E-state index contributed by atoms with van der Waals surface area (Å²) in [6.45, 7) is 5.28. The molecule has 0 aliphatic heterocycles. The van der Waals surface area contributed by atoms with Gasteiger partial charge in [-0.05, 0) is 31.1 Å².